The number of aliphatic hydroxyl groups is 1. The molecule has 0 fully saturated rings. The molecule has 0 unspecified atom stereocenters. The van der Waals surface area contributed by atoms with E-state index in [0.29, 0.717) is 31.8 Å². The van der Waals surface area contributed by atoms with Crippen LogP contribution in [0.4, 0.5) is 5.69 Å². The second kappa shape index (κ2) is 5.01. The van der Waals surface area contributed by atoms with E-state index >= 15 is 0 Å². The quantitative estimate of drug-likeness (QED) is 0.632. The van der Waals surface area contributed by atoms with Gasteiger partial charge >= 0.3 is 5.69 Å². The van der Waals surface area contributed by atoms with Gasteiger partial charge in [0.25, 0.3) is 0 Å². The molecule has 1 N–H and O–H groups in total. The summed E-state index contributed by atoms with van der Waals surface area (Å²) in [4.78, 5) is 10.4. The minimum absolute atomic E-state index is 0.0578. The monoisotopic (exact) mass is 239 g/mol. The molecular weight excluding hydrogens is 226 g/mol. The van der Waals surface area contributed by atoms with E-state index in [-0.39, 0.29) is 18.0 Å². The normalized spacial score (nSPS) is 13.5. The maximum atomic E-state index is 10.9. The van der Waals surface area contributed by atoms with E-state index in [2.05, 4.69) is 0 Å². The van der Waals surface area contributed by atoms with Gasteiger partial charge in [-0.2, -0.15) is 0 Å². The molecule has 6 heteroatoms. The van der Waals surface area contributed by atoms with Crippen LogP contribution in [-0.2, 0) is 6.42 Å². The highest BCUT2D eigenvalue weighted by molar-refractivity contribution is 5.58. The Morgan fingerprint density at radius 2 is 2.12 bits per heavy atom. The molecule has 2 rings (SSSR count). The fraction of sp³-hybridized carbons (Fsp3) is 0.455. The number of benzene rings is 1. The first-order chi connectivity index (χ1) is 8.22. The molecule has 17 heavy (non-hydrogen) atoms. The van der Waals surface area contributed by atoms with Crippen LogP contribution in [0.3, 0.4) is 0 Å². The number of fused-ring (bicyclic) bond motifs is 1. The van der Waals surface area contributed by atoms with E-state index in [0.717, 1.165) is 5.56 Å². The summed E-state index contributed by atoms with van der Waals surface area (Å²) in [7, 11) is 0. The van der Waals surface area contributed by atoms with Crippen LogP contribution in [0.1, 0.15) is 12.0 Å². The second-order valence-corrected chi connectivity index (χ2v) is 3.72. The van der Waals surface area contributed by atoms with Gasteiger partial charge in [-0.1, -0.05) is 0 Å². The number of aryl methyl sites for hydroxylation is 1. The second-order valence-electron chi connectivity index (χ2n) is 3.72. The lowest BCUT2D eigenvalue weighted by atomic mass is 10.1. The molecule has 0 atom stereocenters. The molecule has 1 heterocycles. The summed E-state index contributed by atoms with van der Waals surface area (Å²) >= 11 is 0. The number of aliphatic hydroxyl groups excluding tert-OH is 1. The van der Waals surface area contributed by atoms with Crippen LogP contribution in [0.5, 0.6) is 11.5 Å². The van der Waals surface area contributed by atoms with Crippen LogP contribution in [0, 0.1) is 10.1 Å². The Morgan fingerprint density at radius 3 is 2.82 bits per heavy atom. The molecule has 0 bridgehead atoms. The van der Waals surface area contributed by atoms with E-state index < -0.39 is 4.92 Å². The Balaban J connectivity index is 2.37. The minimum atomic E-state index is -0.476. The lowest BCUT2D eigenvalue weighted by molar-refractivity contribution is -0.386. The van der Waals surface area contributed by atoms with Gasteiger partial charge in [0.05, 0.1) is 4.92 Å². The summed E-state index contributed by atoms with van der Waals surface area (Å²) < 4.78 is 10.6. The maximum absolute atomic E-state index is 10.9. The molecule has 0 aromatic heterocycles. The Bertz CT molecular complexity index is 432. The average molecular weight is 239 g/mol. The number of nitrogens with zero attached hydrogens (tertiary/aromatic N) is 1. The van der Waals surface area contributed by atoms with Crippen molar-refractivity contribution in [1.82, 2.24) is 0 Å². The van der Waals surface area contributed by atoms with Crippen molar-refractivity contribution >= 4 is 5.69 Å². The number of ether oxygens (including phenoxy) is 2. The highest BCUT2D eigenvalue weighted by Gasteiger charge is 2.24. The van der Waals surface area contributed by atoms with E-state index in [1.165, 1.54) is 6.07 Å². The van der Waals surface area contributed by atoms with Gasteiger partial charge < -0.3 is 14.6 Å². The topological polar surface area (TPSA) is 81.8 Å². The van der Waals surface area contributed by atoms with Crippen molar-refractivity contribution in [3.05, 3.63) is 27.8 Å². The first-order valence-electron chi connectivity index (χ1n) is 5.40. The zero-order valence-corrected chi connectivity index (χ0v) is 9.22. The van der Waals surface area contributed by atoms with Crippen LogP contribution < -0.4 is 9.47 Å². The third-order valence-electron chi connectivity index (χ3n) is 2.50. The summed E-state index contributed by atoms with van der Waals surface area (Å²) in [6.45, 7) is 0.777. The Hall–Kier alpha value is -1.82. The van der Waals surface area contributed by atoms with E-state index in [4.69, 9.17) is 14.6 Å². The Morgan fingerprint density at radius 1 is 1.35 bits per heavy atom. The molecule has 6 nitrogen and oxygen atoms in total. The number of hydrogen-bond acceptors (Lipinski definition) is 5. The predicted octanol–water partition coefficient (Wildman–Crippen LogP) is 1.29. The maximum Gasteiger partial charge on any atom is 0.315 e. The third kappa shape index (κ3) is 2.47. The number of nitro benzene ring substituents is 1. The van der Waals surface area contributed by atoms with Crippen LogP contribution >= 0.6 is 0 Å². The predicted molar refractivity (Wildman–Crippen MR) is 59.5 cm³/mol. The van der Waals surface area contributed by atoms with Gasteiger partial charge in [-0.25, -0.2) is 0 Å². The SMILES string of the molecule is O=[N+]([O-])c1cc(CCCO)cc2c1OCCO2. The molecular formula is C11H13NO5. The van der Waals surface area contributed by atoms with Gasteiger partial charge in [0, 0.05) is 12.7 Å². The number of hydrogen-bond donors (Lipinski definition) is 1. The average Bonchev–Trinajstić information content (AvgIpc) is 2.35. The standard InChI is InChI=1S/C11H13NO5/c13-3-1-2-8-6-9(12(14)15)11-10(7-8)16-4-5-17-11/h6-7,13H,1-5H2. The van der Waals surface area contributed by atoms with Crippen molar-refractivity contribution in [1.29, 1.82) is 0 Å². The molecule has 0 spiro atoms. The summed E-state index contributed by atoms with van der Waals surface area (Å²) in [6, 6.07) is 3.21. The van der Waals surface area contributed by atoms with Gasteiger partial charge in [-0.05, 0) is 24.5 Å². The zero-order valence-electron chi connectivity index (χ0n) is 9.22. The van der Waals surface area contributed by atoms with Crippen LogP contribution in [0.15, 0.2) is 12.1 Å². The van der Waals surface area contributed by atoms with E-state index in [1.807, 2.05) is 0 Å². The summed E-state index contributed by atoms with van der Waals surface area (Å²) in [5.74, 6) is 0.618. The van der Waals surface area contributed by atoms with Gasteiger partial charge in [-0.3, -0.25) is 10.1 Å². The zero-order chi connectivity index (χ0) is 12.3. The fourth-order valence-corrected chi connectivity index (χ4v) is 1.75. The molecule has 1 aliphatic heterocycles. The number of nitro groups is 1. The molecule has 1 aromatic carbocycles. The molecule has 92 valence electrons. The summed E-state index contributed by atoms with van der Waals surface area (Å²) in [5, 5.41) is 19.7. The van der Waals surface area contributed by atoms with Crippen LogP contribution in [0.25, 0.3) is 0 Å². The van der Waals surface area contributed by atoms with Gasteiger partial charge in [0.2, 0.25) is 5.75 Å². The summed E-state index contributed by atoms with van der Waals surface area (Å²) in [6.07, 6.45) is 1.14. The van der Waals surface area contributed by atoms with Crippen LogP contribution in [0.2, 0.25) is 0 Å². The van der Waals surface area contributed by atoms with E-state index in [1.54, 1.807) is 6.07 Å². The van der Waals surface area contributed by atoms with Crippen LogP contribution in [-0.4, -0.2) is 29.9 Å². The third-order valence-corrected chi connectivity index (χ3v) is 2.50. The molecule has 0 radical (unpaired) electrons. The number of rotatable bonds is 4. The summed E-state index contributed by atoms with van der Waals surface area (Å²) in [5.41, 5.74) is 0.699. The van der Waals surface area contributed by atoms with Crippen molar-refractivity contribution in [3.63, 3.8) is 0 Å². The molecule has 1 aliphatic rings. The Kier molecular flexibility index (Phi) is 3.43. The van der Waals surface area contributed by atoms with Crippen molar-refractivity contribution in [3.8, 4) is 11.5 Å². The van der Waals surface area contributed by atoms with Crippen molar-refractivity contribution in [2.75, 3.05) is 19.8 Å². The highest BCUT2D eigenvalue weighted by atomic mass is 16.6. The largest absolute Gasteiger partial charge is 0.486 e. The molecule has 0 saturated carbocycles. The minimum Gasteiger partial charge on any atom is -0.486 e. The van der Waals surface area contributed by atoms with Gasteiger partial charge in [0.15, 0.2) is 5.75 Å². The lowest BCUT2D eigenvalue weighted by Crippen LogP contribution is -2.16. The smallest absolute Gasteiger partial charge is 0.315 e. The van der Waals surface area contributed by atoms with Crippen molar-refractivity contribution in [2.24, 2.45) is 0 Å². The van der Waals surface area contributed by atoms with Crippen molar-refractivity contribution < 1.29 is 19.5 Å². The van der Waals surface area contributed by atoms with Gasteiger partial charge in [0.1, 0.15) is 13.2 Å². The fourth-order valence-electron chi connectivity index (χ4n) is 1.75. The molecule has 1 aromatic rings. The molecule has 0 saturated heterocycles. The molecule has 0 aliphatic carbocycles. The first-order valence-corrected chi connectivity index (χ1v) is 5.40. The van der Waals surface area contributed by atoms with Gasteiger partial charge in [-0.15, -0.1) is 0 Å². The van der Waals surface area contributed by atoms with Crippen molar-refractivity contribution in [2.45, 2.75) is 12.8 Å². The first kappa shape index (κ1) is 11.7. The lowest BCUT2D eigenvalue weighted by Gasteiger charge is -2.18. The van der Waals surface area contributed by atoms with E-state index in [9.17, 15) is 10.1 Å². The highest BCUT2D eigenvalue weighted by Crippen LogP contribution is 2.40. The Labute approximate surface area is 97.9 Å². The molecule has 0 amide bonds.